The number of carbonyl (C=O) groups excluding carboxylic acids is 1. The molecular weight excluding hydrogens is 252 g/mol. The minimum atomic E-state index is -0.0825. The number of carbonyl (C=O) groups is 1. The number of amides is 1. The highest BCUT2D eigenvalue weighted by Crippen LogP contribution is 2.15. The average Bonchev–Trinajstić information content (AvgIpc) is 2.77. The summed E-state index contributed by atoms with van der Waals surface area (Å²) in [5.74, 6) is 0.665. The lowest BCUT2D eigenvalue weighted by molar-refractivity contribution is 0.0952. The Kier molecular flexibility index (Phi) is 5.77. The van der Waals surface area contributed by atoms with Crippen LogP contribution in [0.5, 0.6) is 0 Å². The number of anilines is 1. The summed E-state index contributed by atoms with van der Waals surface area (Å²) >= 11 is 0. The zero-order valence-electron chi connectivity index (χ0n) is 12.3. The number of aromatic nitrogens is 2. The molecule has 0 spiro atoms. The van der Waals surface area contributed by atoms with E-state index in [9.17, 15) is 4.79 Å². The van der Waals surface area contributed by atoms with Gasteiger partial charge in [-0.2, -0.15) is 0 Å². The van der Waals surface area contributed by atoms with Gasteiger partial charge in [0.05, 0.1) is 5.56 Å². The highest BCUT2D eigenvalue weighted by molar-refractivity contribution is 5.93. The number of rotatable bonds is 5. The van der Waals surface area contributed by atoms with Crippen molar-refractivity contribution in [3.05, 3.63) is 18.0 Å². The number of unbranched alkanes of at least 4 members (excludes halogenated alkanes) is 1. The van der Waals surface area contributed by atoms with Crippen LogP contribution in [0.1, 0.15) is 55.8 Å². The van der Waals surface area contributed by atoms with Crippen molar-refractivity contribution in [2.24, 2.45) is 0 Å². The Morgan fingerprint density at radius 2 is 1.85 bits per heavy atom. The van der Waals surface area contributed by atoms with E-state index in [0.29, 0.717) is 12.1 Å². The van der Waals surface area contributed by atoms with Gasteiger partial charge in [0.2, 0.25) is 5.95 Å². The molecule has 1 aromatic heterocycles. The first-order valence-corrected chi connectivity index (χ1v) is 7.66. The zero-order valence-corrected chi connectivity index (χ0v) is 12.3. The van der Waals surface area contributed by atoms with Gasteiger partial charge in [0.15, 0.2) is 0 Å². The monoisotopic (exact) mass is 276 g/mol. The van der Waals surface area contributed by atoms with Gasteiger partial charge in [-0.15, -0.1) is 0 Å². The molecule has 1 N–H and O–H groups in total. The lowest BCUT2D eigenvalue weighted by Crippen LogP contribution is -2.27. The van der Waals surface area contributed by atoms with Crippen molar-refractivity contribution in [2.45, 2.75) is 45.4 Å². The van der Waals surface area contributed by atoms with Crippen molar-refractivity contribution in [1.29, 1.82) is 0 Å². The van der Waals surface area contributed by atoms with Gasteiger partial charge in [-0.25, -0.2) is 9.97 Å². The van der Waals surface area contributed by atoms with E-state index in [-0.39, 0.29) is 5.91 Å². The van der Waals surface area contributed by atoms with Crippen LogP contribution in [0, 0.1) is 0 Å². The smallest absolute Gasteiger partial charge is 0.254 e. The number of nitrogens with zero attached hydrogens (tertiary/aromatic N) is 3. The van der Waals surface area contributed by atoms with Gasteiger partial charge < -0.3 is 10.2 Å². The second kappa shape index (κ2) is 7.82. The Hall–Kier alpha value is -1.65. The van der Waals surface area contributed by atoms with E-state index in [2.05, 4.69) is 27.1 Å². The molecule has 0 aliphatic carbocycles. The molecule has 1 aliphatic rings. The molecule has 1 saturated heterocycles. The summed E-state index contributed by atoms with van der Waals surface area (Å²) in [4.78, 5) is 22.8. The first kappa shape index (κ1) is 14.8. The molecule has 0 aromatic carbocycles. The average molecular weight is 276 g/mol. The molecule has 0 unspecified atom stereocenters. The summed E-state index contributed by atoms with van der Waals surface area (Å²) in [6, 6.07) is 0. The Labute approximate surface area is 120 Å². The van der Waals surface area contributed by atoms with E-state index < -0.39 is 0 Å². The molecule has 0 bridgehead atoms. The molecule has 5 nitrogen and oxygen atoms in total. The van der Waals surface area contributed by atoms with Crippen LogP contribution in [0.25, 0.3) is 0 Å². The fourth-order valence-electron chi connectivity index (χ4n) is 2.35. The quantitative estimate of drug-likeness (QED) is 0.839. The summed E-state index contributed by atoms with van der Waals surface area (Å²) in [6.45, 7) is 4.85. The van der Waals surface area contributed by atoms with Crippen LogP contribution in [-0.4, -0.2) is 35.5 Å². The third kappa shape index (κ3) is 4.18. The molecule has 0 radical (unpaired) electrons. The largest absolute Gasteiger partial charge is 0.352 e. The summed E-state index contributed by atoms with van der Waals surface area (Å²) in [5, 5.41) is 2.88. The molecule has 0 saturated carbocycles. The lowest BCUT2D eigenvalue weighted by Gasteiger charge is -2.19. The summed E-state index contributed by atoms with van der Waals surface area (Å²) < 4.78 is 0. The van der Waals surface area contributed by atoms with Crippen molar-refractivity contribution in [2.75, 3.05) is 24.5 Å². The standard InChI is InChI=1S/C15H24N4O/c1-2-3-8-16-14(20)13-11-17-15(18-12-13)19-9-6-4-5-7-10-19/h11-12H,2-10H2,1H3,(H,16,20). The van der Waals surface area contributed by atoms with Crippen LogP contribution in [0.15, 0.2) is 12.4 Å². The zero-order chi connectivity index (χ0) is 14.2. The summed E-state index contributed by atoms with van der Waals surface area (Å²) in [7, 11) is 0. The van der Waals surface area contributed by atoms with E-state index in [1.807, 2.05) is 0 Å². The maximum absolute atomic E-state index is 11.9. The molecule has 1 fully saturated rings. The van der Waals surface area contributed by atoms with Crippen LogP contribution in [0.4, 0.5) is 5.95 Å². The molecule has 1 aromatic rings. The Morgan fingerprint density at radius 1 is 1.20 bits per heavy atom. The number of hydrogen-bond donors (Lipinski definition) is 1. The molecule has 1 aliphatic heterocycles. The summed E-state index contributed by atoms with van der Waals surface area (Å²) in [6.07, 6.45) is 10.3. The second-order valence-corrected chi connectivity index (χ2v) is 5.28. The van der Waals surface area contributed by atoms with Crippen molar-refractivity contribution in [3.63, 3.8) is 0 Å². The van der Waals surface area contributed by atoms with Crippen LogP contribution in [0.3, 0.4) is 0 Å². The van der Waals surface area contributed by atoms with E-state index in [1.54, 1.807) is 12.4 Å². The SMILES string of the molecule is CCCCNC(=O)c1cnc(N2CCCCCC2)nc1. The van der Waals surface area contributed by atoms with Crippen LogP contribution < -0.4 is 10.2 Å². The van der Waals surface area contributed by atoms with Gasteiger partial charge >= 0.3 is 0 Å². The molecule has 5 heteroatoms. The predicted octanol–water partition coefficient (Wildman–Crippen LogP) is 2.39. The predicted molar refractivity (Wildman–Crippen MR) is 80.0 cm³/mol. The van der Waals surface area contributed by atoms with Crippen LogP contribution in [-0.2, 0) is 0 Å². The molecule has 2 rings (SSSR count). The van der Waals surface area contributed by atoms with Gasteiger partial charge in [-0.05, 0) is 19.3 Å². The Balaban J connectivity index is 1.93. The normalized spacial score (nSPS) is 15.8. The van der Waals surface area contributed by atoms with Crippen LogP contribution >= 0.6 is 0 Å². The lowest BCUT2D eigenvalue weighted by atomic mass is 10.2. The summed E-state index contributed by atoms with van der Waals surface area (Å²) in [5.41, 5.74) is 0.541. The fraction of sp³-hybridized carbons (Fsp3) is 0.667. The third-order valence-electron chi connectivity index (χ3n) is 3.61. The molecule has 2 heterocycles. The van der Waals surface area contributed by atoms with Crippen molar-refractivity contribution in [3.8, 4) is 0 Å². The third-order valence-corrected chi connectivity index (χ3v) is 3.61. The topological polar surface area (TPSA) is 58.1 Å². The van der Waals surface area contributed by atoms with E-state index in [0.717, 1.165) is 31.9 Å². The number of hydrogen-bond acceptors (Lipinski definition) is 4. The van der Waals surface area contributed by atoms with Crippen LogP contribution in [0.2, 0.25) is 0 Å². The van der Waals surface area contributed by atoms with Gasteiger partial charge in [0.1, 0.15) is 0 Å². The van der Waals surface area contributed by atoms with Gasteiger partial charge in [-0.1, -0.05) is 26.2 Å². The molecule has 20 heavy (non-hydrogen) atoms. The van der Waals surface area contributed by atoms with E-state index >= 15 is 0 Å². The number of nitrogens with one attached hydrogen (secondary N) is 1. The fourth-order valence-corrected chi connectivity index (χ4v) is 2.35. The minimum Gasteiger partial charge on any atom is -0.352 e. The van der Waals surface area contributed by atoms with Gasteiger partial charge in [-0.3, -0.25) is 4.79 Å². The highest BCUT2D eigenvalue weighted by atomic mass is 16.1. The minimum absolute atomic E-state index is 0.0825. The highest BCUT2D eigenvalue weighted by Gasteiger charge is 2.13. The van der Waals surface area contributed by atoms with Gasteiger partial charge in [0.25, 0.3) is 5.91 Å². The molecule has 1 amide bonds. The second-order valence-electron chi connectivity index (χ2n) is 5.28. The Morgan fingerprint density at radius 3 is 2.45 bits per heavy atom. The van der Waals surface area contributed by atoms with Crippen molar-refractivity contribution >= 4 is 11.9 Å². The molecule has 110 valence electrons. The van der Waals surface area contributed by atoms with Crippen molar-refractivity contribution < 1.29 is 4.79 Å². The molecular formula is C15H24N4O. The van der Waals surface area contributed by atoms with Gasteiger partial charge in [0, 0.05) is 32.0 Å². The molecule has 0 atom stereocenters. The first-order chi connectivity index (χ1) is 9.81. The van der Waals surface area contributed by atoms with Crippen molar-refractivity contribution in [1.82, 2.24) is 15.3 Å². The maximum atomic E-state index is 11.9. The Bertz CT molecular complexity index is 410. The van der Waals surface area contributed by atoms with E-state index in [4.69, 9.17) is 0 Å². The first-order valence-electron chi connectivity index (χ1n) is 7.66. The van der Waals surface area contributed by atoms with E-state index in [1.165, 1.54) is 25.7 Å². The maximum Gasteiger partial charge on any atom is 0.254 e.